The summed E-state index contributed by atoms with van der Waals surface area (Å²) in [6, 6.07) is 0.148. The lowest BCUT2D eigenvalue weighted by Crippen LogP contribution is -2.50. The van der Waals surface area contributed by atoms with Gasteiger partial charge in [-0.3, -0.25) is 4.90 Å². The molecule has 0 amide bonds. The van der Waals surface area contributed by atoms with Crippen molar-refractivity contribution in [2.24, 2.45) is 11.7 Å². The second-order valence-corrected chi connectivity index (χ2v) is 4.54. The van der Waals surface area contributed by atoms with Gasteiger partial charge in [-0.05, 0) is 12.8 Å². The zero-order valence-electron chi connectivity index (χ0n) is 9.70. The van der Waals surface area contributed by atoms with Gasteiger partial charge in [0.2, 0.25) is 0 Å². The molecule has 0 radical (unpaired) electrons. The lowest BCUT2D eigenvalue weighted by Gasteiger charge is -2.35. The van der Waals surface area contributed by atoms with Gasteiger partial charge in [0.1, 0.15) is 0 Å². The number of morpholine rings is 1. The van der Waals surface area contributed by atoms with Crippen LogP contribution < -0.4 is 5.73 Å². The summed E-state index contributed by atoms with van der Waals surface area (Å²) in [6.45, 7) is 10.7. The molecule has 1 aliphatic rings. The Balaban J connectivity index is 2.32. The molecule has 0 aromatic heterocycles. The number of nitrogens with zero attached hydrogens (tertiary/aromatic N) is 1. The van der Waals surface area contributed by atoms with Crippen LogP contribution in [0.3, 0.4) is 0 Å². The van der Waals surface area contributed by atoms with Gasteiger partial charge in [-0.25, -0.2) is 0 Å². The van der Waals surface area contributed by atoms with E-state index in [1.54, 1.807) is 0 Å². The van der Waals surface area contributed by atoms with Crippen LogP contribution in [0.4, 0.5) is 0 Å². The predicted molar refractivity (Wildman–Crippen MR) is 59.3 cm³/mol. The maximum atomic E-state index is 5.84. The Labute approximate surface area is 87.6 Å². The van der Waals surface area contributed by atoms with E-state index < -0.39 is 0 Å². The number of hydrogen-bond donors (Lipinski definition) is 1. The van der Waals surface area contributed by atoms with Gasteiger partial charge in [-0.1, -0.05) is 20.3 Å². The van der Waals surface area contributed by atoms with Crippen molar-refractivity contribution >= 4 is 0 Å². The molecule has 0 aromatic carbocycles. The highest BCUT2D eigenvalue weighted by atomic mass is 16.5. The van der Waals surface area contributed by atoms with E-state index in [1.807, 2.05) is 6.92 Å². The molecule has 0 spiro atoms. The van der Waals surface area contributed by atoms with Crippen molar-refractivity contribution in [2.45, 2.75) is 39.3 Å². The summed E-state index contributed by atoms with van der Waals surface area (Å²) >= 11 is 0. The van der Waals surface area contributed by atoms with Crippen LogP contribution in [-0.2, 0) is 4.74 Å². The zero-order chi connectivity index (χ0) is 10.6. The Bertz CT molecular complexity index is 161. The summed E-state index contributed by atoms with van der Waals surface area (Å²) in [5.74, 6) is 0.779. The van der Waals surface area contributed by atoms with Gasteiger partial charge < -0.3 is 10.5 Å². The normalized spacial score (nSPS) is 28.7. The van der Waals surface area contributed by atoms with Crippen LogP contribution in [0.1, 0.15) is 27.2 Å². The fourth-order valence-electron chi connectivity index (χ4n) is 1.79. The predicted octanol–water partition coefficient (Wildman–Crippen LogP) is 1.08. The van der Waals surface area contributed by atoms with Gasteiger partial charge in [-0.2, -0.15) is 0 Å². The van der Waals surface area contributed by atoms with E-state index in [2.05, 4.69) is 18.7 Å². The summed E-state index contributed by atoms with van der Waals surface area (Å²) in [6.07, 6.45) is 1.48. The fraction of sp³-hybridized carbons (Fsp3) is 1.00. The minimum absolute atomic E-state index is 0.148. The monoisotopic (exact) mass is 200 g/mol. The molecule has 14 heavy (non-hydrogen) atoms. The highest BCUT2D eigenvalue weighted by molar-refractivity contribution is 4.78. The van der Waals surface area contributed by atoms with Gasteiger partial charge in [0, 0.05) is 25.7 Å². The first-order valence-electron chi connectivity index (χ1n) is 5.73. The van der Waals surface area contributed by atoms with Crippen molar-refractivity contribution < 1.29 is 4.74 Å². The fourth-order valence-corrected chi connectivity index (χ4v) is 1.79. The molecule has 84 valence electrons. The molecule has 3 unspecified atom stereocenters. The second kappa shape index (κ2) is 5.69. The highest BCUT2D eigenvalue weighted by Gasteiger charge is 2.23. The van der Waals surface area contributed by atoms with Crippen LogP contribution in [0.5, 0.6) is 0 Å². The highest BCUT2D eigenvalue weighted by Crippen LogP contribution is 2.11. The molecule has 0 aliphatic carbocycles. The minimum atomic E-state index is 0.148. The summed E-state index contributed by atoms with van der Waals surface area (Å²) in [5, 5.41) is 0. The topological polar surface area (TPSA) is 38.5 Å². The number of hydrogen-bond acceptors (Lipinski definition) is 3. The molecule has 1 rings (SSSR count). The van der Waals surface area contributed by atoms with E-state index in [0.717, 1.165) is 25.6 Å². The van der Waals surface area contributed by atoms with Crippen molar-refractivity contribution in [3.05, 3.63) is 0 Å². The van der Waals surface area contributed by atoms with E-state index >= 15 is 0 Å². The van der Waals surface area contributed by atoms with Crippen LogP contribution in [-0.4, -0.2) is 43.3 Å². The Morgan fingerprint density at radius 1 is 1.50 bits per heavy atom. The molecule has 1 fully saturated rings. The first kappa shape index (κ1) is 12.0. The van der Waals surface area contributed by atoms with Crippen LogP contribution >= 0.6 is 0 Å². The van der Waals surface area contributed by atoms with Crippen molar-refractivity contribution in [3.63, 3.8) is 0 Å². The van der Waals surface area contributed by atoms with Gasteiger partial charge in [0.25, 0.3) is 0 Å². The zero-order valence-corrected chi connectivity index (χ0v) is 9.70. The first-order chi connectivity index (χ1) is 6.63. The smallest absolute Gasteiger partial charge is 0.0850 e. The summed E-state index contributed by atoms with van der Waals surface area (Å²) < 4.78 is 5.62. The quantitative estimate of drug-likeness (QED) is 0.738. The van der Waals surface area contributed by atoms with Gasteiger partial charge in [0.15, 0.2) is 0 Å². The molecule has 0 bridgehead atoms. The van der Waals surface area contributed by atoms with Gasteiger partial charge in [0.05, 0.1) is 12.7 Å². The molecule has 3 nitrogen and oxygen atoms in total. The van der Waals surface area contributed by atoms with Crippen LogP contribution in [0.25, 0.3) is 0 Å². The SMILES string of the molecule is CCC(C)CN1CCOC(C(C)N)C1. The third-order valence-corrected chi connectivity index (χ3v) is 3.03. The third kappa shape index (κ3) is 3.56. The Morgan fingerprint density at radius 3 is 2.79 bits per heavy atom. The number of ether oxygens (including phenoxy) is 1. The third-order valence-electron chi connectivity index (χ3n) is 3.03. The lowest BCUT2D eigenvalue weighted by molar-refractivity contribution is -0.0412. The number of rotatable bonds is 4. The van der Waals surface area contributed by atoms with E-state index in [4.69, 9.17) is 10.5 Å². The molecular formula is C11H24N2O. The Morgan fingerprint density at radius 2 is 2.21 bits per heavy atom. The Hall–Kier alpha value is -0.120. The van der Waals surface area contributed by atoms with E-state index in [-0.39, 0.29) is 12.1 Å². The van der Waals surface area contributed by atoms with Crippen molar-refractivity contribution in [3.8, 4) is 0 Å². The molecular weight excluding hydrogens is 176 g/mol. The average molecular weight is 200 g/mol. The maximum absolute atomic E-state index is 5.84. The van der Waals surface area contributed by atoms with Crippen molar-refractivity contribution in [2.75, 3.05) is 26.2 Å². The molecule has 1 heterocycles. The molecule has 1 saturated heterocycles. The summed E-state index contributed by atoms with van der Waals surface area (Å²) in [5.41, 5.74) is 5.84. The maximum Gasteiger partial charge on any atom is 0.0850 e. The van der Waals surface area contributed by atoms with Crippen LogP contribution in [0.2, 0.25) is 0 Å². The summed E-state index contributed by atoms with van der Waals surface area (Å²) in [7, 11) is 0. The van der Waals surface area contributed by atoms with Gasteiger partial charge >= 0.3 is 0 Å². The Kier molecular flexibility index (Phi) is 4.85. The minimum Gasteiger partial charge on any atom is -0.374 e. The van der Waals surface area contributed by atoms with Crippen molar-refractivity contribution in [1.82, 2.24) is 4.90 Å². The molecule has 2 N–H and O–H groups in total. The van der Waals surface area contributed by atoms with E-state index in [0.29, 0.717) is 0 Å². The standard InChI is InChI=1S/C11H24N2O/c1-4-9(2)7-13-5-6-14-11(8-13)10(3)12/h9-11H,4-8,12H2,1-3H3. The summed E-state index contributed by atoms with van der Waals surface area (Å²) in [4.78, 5) is 2.48. The molecule has 3 heteroatoms. The lowest BCUT2D eigenvalue weighted by atomic mass is 10.1. The molecule has 1 aliphatic heterocycles. The van der Waals surface area contributed by atoms with E-state index in [1.165, 1.54) is 13.0 Å². The van der Waals surface area contributed by atoms with Crippen LogP contribution in [0.15, 0.2) is 0 Å². The molecule has 0 aromatic rings. The van der Waals surface area contributed by atoms with Crippen LogP contribution in [0, 0.1) is 5.92 Å². The number of nitrogens with two attached hydrogens (primary N) is 1. The molecule has 3 atom stereocenters. The van der Waals surface area contributed by atoms with E-state index in [9.17, 15) is 0 Å². The van der Waals surface area contributed by atoms with Gasteiger partial charge in [-0.15, -0.1) is 0 Å². The average Bonchev–Trinajstić information content (AvgIpc) is 2.18. The molecule has 0 saturated carbocycles. The largest absolute Gasteiger partial charge is 0.374 e. The first-order valence-corrected chi connectivity index (χ1v) is 5.73. The van der Waals surface area contributed by atoms with Crippen molar-refractivity contribution in [1.29, 1.82) is 0 Å². The second-order valence-electron chi connectivity index (χ2n) is 4.54.